The van der Waals surface area contributed by atoms with Gasteiger partial charge in [-0.1, -0.05) is 6.07 Å². The Bertz CT molecular complexity index is 780. The molecule has 1 aromatic heterocycles. The summed E-state index contributed by atoms with van der Waals surface area (Å²) in [5, 5.41) is 11.9. The molecule has 0 bridgehead atoms. The number of hydrogen-bond acceptors (Lipinski definition) is 4. The molecule has 0 saturated heterocycles. The van der Waals surface area contributed by atoms with E-state index in [0.717, 1.165) is 11.4 Å². The molecule has 112 valence electrons. The van der Waals surface area contributed by atoms with Crippen LogP contribution in [0.15, 0.2) is 35.2 Å². The number of carbonyl (C=O) groups is 1. The first-order valence-electron chi connectivity index (χ1n) is 6.19. The summed E-state index contributed by atoms with van der Waals surface area (Å²) >= 11 is 0. The molecule has 0 spiro atoms. The molecule has 21 heavy (non-hydrogen) atoms. The Morgan fingerprint density at radius 3 is 2.62 bits per heavy atom. The molecule has 8 heteroatoms. The van der Waals surface area contributed by atoms with Gasteiger partial charge in [0.15, 0.2) is 0 Å². The lowest BCUT2D eigenvalue weighted by Gasteiger charge is -2.08. The van der Waals surface area contributed by atoms with Crippen molar-refractivity contribution in [2.24, 2.45) is 5.14 Å². The molecule has 1 heterocycles. The molecule has 2 rings (SSSR count). The number of amides is 1. The van der Waals surface area contributed by atoms with Crippen molar-refractivity contribution >= 4 is 21.6 Å². The number of benzene rings is 1. The molecule has 0 aliphatic carbocycles. The summed E-state index contributed by atoms with van der Waals surface area (Å²) in [7, 11) is -3.79. The van der Waals surface area contributed by atoms with Crippen LogP contribution in [0.25, 0.3) is 0 Å². The van der Waals surface area contributed by atoms with Crippen LogP contribution in [0.3, 0.4) is 0 Å². The normalized spacial score (nSPS) is 11.4. The minimum absolute atomic E-state index is 0.0496. The Morgan fingerprint density at radius 1 is 1.33 bits per heavy atom. The number of anilines is 1. The Morgan fingerprint density at radius 2 is 2.05 bits per heavy atom. The van der Waals surface area contributed by atoms with Gasteiger partial charge in [-0.05, 0) is 38.1 Å². The number of aromatic nitrogens is 2. The second-order valence-corrected chi connectivity index (χ2v) is 6.27. The van der Waals surface area contributed by atoms with E-state index in [1.807, 2.05) is 19.9 Å². The summed E-state index contributed by atoms with van der Waals surface area (Å²) in [6.45, 7) is 3.76. The van der Waals surface area contributed by atoms with Crippen molar-refractivity contribution in [3.05, 3.63) is 41.7 Å². The van der Waals surface area contributed by atoms with Gasteiger partial charge in [-0.15, -0.1) is 0 Å². The van der Waals surface area contributed by atoms with Gasteiger partial charge in [0.2, 0.25) is 15.9 Å². The number of nitrogens with two attached hydrogens (primary N) is 1. The van der Waals surface area contributed by atoms with Crippen molar-refractivity contribution in [2.75, 3.05) is 5.32 Å². The lowest BCUT2D eigenvalue weighted by molar-refractivity contribution is -0.116. The van der Waals surface area contributed by atoms with Gasteiger partial charge in [0, 0.05) is 11.4 Å². The smallest absolute Gasteiger partial charge is 0.246 e. The Balaban J connectivity index is 2.11. The molecule has 1 amide bonds. The van der Waals surface area contributed by atoms with Crippen LogP contribution in [0.4, 0.5) is 5.69 Å². The number of primary sulfonamides is 1. The zero-order chi connectivity index (χ0) is 15.6. The molecule has 0 aliphatic rings. The van der Waals surface area contributed by atoms with Crippen LogP contribution in [-0.4, -0.2) is 24.1 Å². The van der Waals surface area contributed by atoms with Gasteiger partial charge < -0.3 is 5.32 Å². The zero-order valence-corrected chi connectivity index (χ0v) is 12.5. The average molecular weight is 308 g/mol. The first kappa shape index (κ1) is 15.2. The van der Waals surface area contributed by atoms with Crippen molar-refractivity contribution in [1.82, 2.24) is 9.78 Å². The second kappa shape index (κ2) is 5.66. The molecule has 0 aliphatic heterocycles. The van der Waals surface area contributed by atoms with E-state index in [2.05, 4.69) is 10.4 Å². The Labute approximate surface area is 122 Å². The minimum Gasteiger partial charge on any atom is -0.324 e. The van der Waals surface area contributed by atoms with E-state index in [1.165, 1.54) is 18.2 Å². The first-order chi connectivity index (χ1) is 9.75. The number of hydrogen-bond donors (Lipinski definition) is 2. The van der Waals surface area contributed by atoms with Crippen LogP contribution >= 0.6 is 0 Å². The van der Waals surface area contributed by atoms with E-state index < -0.39 is 10.0 Å². The maximum Gasteiger partial charge on any atom is 0.246 e. The zero-order valence-electron chi connectivity index (χ0n) is 11.7. The van der Waals surface area contributed by atoms with Crippen LogP contribution in [0.5, 0.6) is 0 Å². The highest BCUT2D eigenvalue weighted by Gasteiger charge is 2.11. The van der Waals surface area contributed by atoms with Crippen molar-refractivity contribution < 1.29 is 13.2 Å². The summed E-state index contributed by atoms with van der Waals surface area (Å²) in [4.78, 5) is 11.9. The van der Waals surface area contributed by atoms with Gasteiger partial charge in [-0.25, -0.2) is 13.6 Å². The van der Waals surface area contributed by atoms with Gasteiger partial charge in [-0.2, -0.15) is 5.10 Å². The fourth-order valence-corrected chi connectivity index (χ4v) is 2.48. The monoisotopic (exact) mass is 308 g/mol. The van der Waals surface area contributed by atoms with Crippen LogP contribution in [0.2, 0.25) is 0 Å². The molecule has 0 atom stereocenters. The van der Waals surface area contributed by atoms with Crippen LogP contribution in [-0.2, 0) is 21.4 Å². The average Bonchev–Trinajstić information content (AvgIpc) is 2.67. The largest absolute Gasteiger partial charge is 0.324 e. The molecule has 7 nitrogen and oxygen atoms in total. The van der Waals surface area contributed by atoms with Crippen molar-refractivity contribution in [3.63, 3.8) is 0 Å². The highest BCUT2D eigenvalue weighted by Crippen LogP contribution is 2.14. The molecule has 0 saturated carbocycles. The van der Waals surface area contributed by atoms with Gasteiger partial charge in [0.05, 0.1) is 10.6 Å². The number of carbonyl (C=O) groups excluding carboxylic acids is 1. The number of aryl methyl sites for hydroxylation is 2. The third kappa shape index (κ3) is 3.89. The maximum absolute atomic E-state index is 12.0. The van der Waals surface area contributed by atoms with Crippen molar-refractivity contribution in [2.45, 2.75) is 25.3 Å². The molecular formula is C13H16N4O3S. The minimum atomic E-state index is -3.79. The standard InChI is InChI=1S/C13H16N4O3S/c1-9-6-10(2)17(16-9)8-13(18)15-11-4-3-5-12(7-11)21(14,19)20/h3-7H,8H2,1-2H3,(H,15,18)(H2,14,19,20). The van der Waals surface area contributed by atoms with Gasteiger partial charge >= 0.3 is 0 Å². The molecule has 2 aromatic rings. The summed E-state index contributed by atoms with van der Waals surface area (Å²) in [6, 6.07) is 7.65. The maximum atomic E-state index is 12.0. The lowest BCUT2D eigenvalue weighted by atomic mass is 10.3. The molecular weight excluding hydrogens is 292 g/mol. The SMILES string of the molecule is Cc1cc(C)n(CC(=O)Nc2cccc(S(N)(=O)=O)c2)n1. The van der Waals surface area contributed by atoms with Crippen molar-refractivity contribution in [1.29, 1.82) is 0 Å². The van der Waals surface area contributed by atoms with E-state index in [9.17, 15) is 13.2 Å². The van der Waals surface area contributed by atoms with Gasteiger partial charge in [-0.3, -0.25) is 9.48 Å². The van der Waals surface area contributed by atoms with E-state index in [4.69, 9.17) is 5.14 Å². The van der Waals surface area contributed by atoms with E-state index in [0.29, 0.717) is 5.69 Å². The van der Waals surface area contributed by atoms with Gasteiger partial charge in [0.25, 0.3) is 0 Å². The fourth-order valence-electron chi connectivity index (χ4n) is 1.92. The summed E-state index contributed by atoms with van der Waals surface area (Å²) < 4.78 is 24.1. The third-order valence-electron chi connectivity index (χ3n) is 2.84. The number of nitrogens with zero attached hydrogens (tertiary/aromatic N) is 2. The Kier molecular flexibility index (Phi) is 4.10. The number of sulfonamides is 1. The topological polar surface area (TPSA) is 107 Å². The third-order valence-corrected chi connectivity index (χ3v) is 3.75. The van der Waals surface area contributed by atoms with E-state index in [1.54, 1.807) is 10.7 Å². The Hall–Kier alpha value is -2.19. The van der Waals surface area contributed by atoms with E-state index >= 15 is 0 Å². The van der Waals surface area contributed by atoms with Crippen molar-refractivity contribution in [3.8, 4) is 0 Å². The molecule has 3 N–H and O–H groups in total. The number of rotatable bonds is 4. The molecule has 0 radical (unpaired) electrons. The summed E-state index contributed by atoms with van der Waals surface area (Å²) in [5.74, 6) is -0.298. The predicted molar refractivity (Wildman–Crippen MR) is 78.1 cm³/mol. The van der Waals surface area contributed by atoms with E-state index in [-0.39, 0.29) is 17.3 Å². The second-order valence-electron chi connectivity index (χ2n) is 4.71. The van der Waals surface area contributed by atoms with Gasteiger partial charge in [0.1, 0.15) is 6.54 Å². The quantitative estimate of drug-likeness (QED) is 0.870. The fraction of sp³-hybridized carbons (Fsp3) is 0.231. The molecule has 0 unspecified atom stereocenters. The highest BCUT2D eigenvalue weighted by molar-refractivity contribution is 7.89. The summed E-state index contributed by atoms with van der Waals surface area (Å²) in [5.41, 5.74) is 2.07. The van der Waals surface area contributed by atoms with Crippen LogP contribution < -0.4 is 10.5 Å². The summed E-state index contributed by atoms with van der Waals surface area (Å²) in [6.07, 6.45) is 0. The van der Waals surface area contributed by atoms with Crippen LogP contribution in [0, 0.1) is 13.8 Å². The molecule has 0 fully saturated rings. The highest BCUT2D eigenvalue weighted by atomic mass is 32.2. The first-order valence-corrected chi connectivity index (χ1v) is 7.74. The number of nitrogens with one attached hydrogen (secondary N) is 1. The molecule has 1 aromatic carbocycles. The lowest BCUT2D eigenvalue weighted by Crippen LogP contribution is -2.20. The predicted octanol–water partition coefficient (Wildman–Crippen LogP) is 0.786. The van der Waals surface area contributed by atoms with Crippen LogP contribution in [0.1, 0.15) is 11.4 Å².